The number of hydrogen-bond acceptors (Lipinski definition) is 3. The Balaban J connectivity index is 2.04. The summed E-state index contributed by atoms with van der Waals surface area (Å²) in [5, 5.41) is 0.862. The Hall–Kier alpha value is -0.620. The van der Waals surface area contributed by atoms with E-state index in [2.05, 4.69) is 56.8 Å². The van der Waals surface area contributed by atoms with Crippen molar-refractivity contribution in [3.8, 4) is 0 Å². The molecule has 0 fully saturated rings. The first-order valence-corrected chi connectivity index (χ1v) is 7.39. The van der Waals surface area contributed by atoms with Gasteiger partial charge >= 0.3 is 0 Å². The Morgan fingerprint density at radius 3 is 2.24 bits per heavy atom. The van der Waals surface area contributed by atoms with E-state index in [4.69, 9.17) is 0 Å². The Morgan fingerprint density at radius 1 is 1.06 bits per heavy atom. The molecule has 0 spiro atoms. The van der Waals surface area contributed by atoms with Crippen LogP contribution < -0.4 is 0 Å². The molecule has 0 atom stereocenters. The fraction of sp³-hybridized carbons (Fsp3) is 0.231. The number of aromatic nitrogens is 2. The molecule has 0 unspecified atom stereocenters. The first-order chi connectivity index (χ1) is 8.13. The van der Waals surface area contributed by atoms with E-state index in [1.807, 2.05) is 19.9 Å². The maximum atomic E-state index is 4.42. The number of halogens is 1. The number of rotatable bonds is 3. The predicted octanol–water partition coefficient (Wildman–Crippen LogP) is 3.99. The molecule has 2 rings (SSSR count). The molecule has 0 aliphatic rings. The highest BCUT2D eigenvalue weighted by atomic mass is 127. The van der Waals surface area contributed by atoms with Crippen molar-refractivity contribution in [1.29, 1.82) is 0 Å². The van der Waals surface area contributed by atoms with E-state index < -0.39 is 0 Å². The second kappa shape index (κ2) is 5.82. The average Bonchev–Trinajstić information content (AvgIpc) is 2.27. The number of nitrogens with zero attached hydrogens (tertiary/aromatic N) is 2. The van der Waals surface area contributed by atoms with Crippen LogP contribution in [0.4, 0.5) is 0 Å². The lowest BCUT2D eigenvalue weighted by Gasteiger charge is -2.03. The minimum Gasteiger partial charge on any atom is -0.228 e. The third kappa shape index (κ3) is 3.96. The van der Waals surface area contributed by atoms with Gasteiger partial charge in [-0.2, -0.15) is 0 Å². The quantitative estimate of drug-likeness (QED) is 0.473. The van der Waals surface area contributed by atoms with Crippen molar-refractivity contribution in [1.82, 2.24) is 9.97 Å². The molecular weight excluding hydrogens is 343 g/mol. The van der Waals surface area contributed by atoms with Gasteiger partial charge in [0, 0.05) is 20.7 Å². The van der Waals surface area contributed by atoms with Crippen LogP contribution in [-0.2, 0) is 5.75 Å². The molecule has 0 amide bonds. The van der Waals surface area contributed by atoms with Crippen molar-refractivity contribution in [3.05, 3.63) is 50.9 Å². The monoisotopic (exact) mass is 356 g/mol. The van der Waals surface area contributed by atoms with E-state index >= 15 is 0 Å². The zero-order chi connectivity index (χ0) is 12.3. The summed E-state index contributed by atoms with van der Waals surface area (Å²) in [6.07, 6.45) is 0. The number of hydrogen-bond donors (Lipinski definition) is 0. The highest BCUT2D eigenvalue weighted by Crippen LogP contribution is 2.20. The van der Waals surface area contributed by atoms with Gasteiger partial charge in [0.05, 0.1) is 0 Å². The van der Waals surface area contributed by atoms with Gasteiger partial charge in [0.25, 0.3) is 0 Å². The van der Waals surface area contributed by atoms with Gasteiger partial charge in [-0.1, -0.05) is 23.9 Å². The Morgan fingerprint density at radius 2 is 1.65 bits per heavy atom. The van der Waals surface area contributed by atoms with Gasteiger partial charge in [0.15, 0.2) is 5.16 Å². The molecule has 0 N–H and O–H groups in total. The van der Waals surface area contributed by atoms with Crippen molar-refractivity contribution in [2.24, 2.45) is 0 Å². The first-order valence-electron chi connectivity index (χ1n) is 5.33. The fourth-order valence-electron chi connectivity index (χ4n) is 1.49. The van der Waals surface area contributed by atoms with Crippen LogP contribution in [0.2, 0.25) is 0 Å². The van der Waals surface area contributed by atoms with Crippen LogP contribution in [0.25, 0.3) is 0 Å². The van der Waals surface area contributed by atoms with Gasteiger partial charge in [-0.05, 0) is 60.2 Å². The first kappa shape index (κ1) is 12.8. The summed E-state index contributed by atoms with van der Waals surface area (Å²) in [6, 6.07) is 10.5. The molecule has 0 aliphatic heterocycles. The standard InChI is InChI=1S/C13H13IN2S/c1-9-7-10(2)16-13(15-9)17-8-11-3-5-12(14)6-4-11/h3-7H,8H2,1-2H3. The number of benzene rings is 1. The molecule has 0 saturated carbocycles. The molecule has 1 heterocycles. The Bertz CT molecular complexity index is 491. The second-order valence-corrected chi connectivity index (χ2v) is 6.04. The van der Waals surface area contributed by atoms with E-state index in [1.54, 1.807) is 11.8 Å². The average molecular weight is 356 g/mol. The highest BCUT2D eigenvalue weighted by Gasteiger charge is 2.01. The van der Waals surface area contributed by atoms with Crippen molar-refractivity contribution in [2.45, 2.75) is 24.8 Å². The molecule has 0 radical (unpaired) electrons. The zero-order valence-corrected chi connectivity index (χ0v) is 12.7. The smallest absolute Gasteiger partial charge is 0.188 e. The van der Waals surface area contributed by atoms with E-state index in [0.717, 1.165) is 22.3 Å². The van der Waals surface area contributed by atoms with Gasteiger partial charge in [0.2, 0.25) is 0 Å². The lowest BCUT2D eigenvalue weighted by Crippen LogP contribution is -1.93. The van der Waals surface area contributed by atoms with Gasteiger partial charge in [-0.25, -0.2) is 9.97 Å². The summed E-state index contributed by atoms with van der Waals surface area (Å²) in [5.41, 5.74) is 3.36. The lowest BCUT2D eigenvalue weighted by atomic mass is 10.2. The second-order valence-electron chi connectivity index (χ2n) is 3.85. The summed E-state index contributed by atoms with van der Waals surface area (Å²) in [7, 11) is 0. The molecule has 2 nitrogen and oxygen atoms in total. The molecule has 1 aromatic heterocycles. The van der Waals surface area contributed by atoms with Crippen LogP contribution in [0.15, 0.2) is 35.5 Å². The van der Waals surface area contributed by atoms with Crippen LogP contribution in [-0.4, -0.2) is 9.97 Å². The van der Waals surface area contributed by atoms with Crippen molar-refractivity contribution in [3.63, 3.8) is 0 Å². The summed E-state index contributed by atoms with van der Waals surface area (Å²) in [5.74, 6) is 0.916. The minimum absolute atomic E-state index is 0.862. The van der Waals surface area contributed by atoms with E-state index in [0.29, 0.717) is 0 Å². The summed E-state index contributed by atoms with van der Waals surface area (Å²) in [6.45, 7) is 4.01. The van der Waals surface area contributed by atoms with Crippen LogP contribution in [0.1, 0.15) is 17.0 Å². The van der Waals surface area contributed by atoms with Crippen LogP contribution in [0, 0.1) is 17.4 Å². The Kier molecular flexibility index (Phi) is 4.39. The fourth-order valence-corrected chi connectivity index (χ4v) is 2.75. The zero-order valence-electron chi connectivity index (χ0n) is 9.77. The molecule has 1 aromatic carbocycles. The third-order valence-electron chi connectivity index (χ3n) is 2.24. The predicted molar refractivity (Wildman–Crippen MR) is 80.2 cm³/mol. The van der Waals surface area contributed by atoms with Crippen LogP contribution >= 0.6 is 34.4 Å². The van der Waals surface area contributed by atoms with E-state index in [-0.39, 0.29) is 0 Å². The lowest BCUT2D eigenvalue weighted by molar-refractivity contribution is 0.902. The van der Waals surface area contributed by atoms with E-state index in [9.17, 15) is 0 Å². The molecule has 17 heavy (non-hydrogen) atoms. The van der Waals surface area contributed by atoms with Crippen LogP contribution in [0.3, 0.4) is 0 Å². The molecule has 0 saturated heterocycles. The molecule has 88 valence electrons. The molecule has 0 bridgehead atoms. The van der Waals surface area contributed by atoms with Gasteiger partial charge in [0.1, 0.15) is 0 Å². The number of thioether (sulfide) groups is 1. The molecule has 0 aliphatic carbocycles. The topological polar surface area (TPSA) is 25.8 Å². The van der Waals surface area contributed by atoms with E-state index in [1.165, 1.54) is 9.13 Å². The maximum Gasteiger partial charge on any atom is 0.188 e. The van der Waals surface area contributed by atoms with Crippen molar-refractivity contribution >= 4 is 34.4 Å². The molecule has 4 heteroatoms. The maximum absolute atomic E-state index is 4.42. The van der Waals surface area contributed by atoms with Crippen LogP contribution in [0.5, 0.6) is 0 Å². The number of aryl methyl sites for hydroxylation is 2. The summed E-state index contributed by atoms with van der Waals surface area (Å²) >= 11 is 4.00. The third-order valence-corrected chi connectivity index (χ3v) is 3.88. The SMILES string of the molecule is Cc1cc(C)nc(SCc2ccc(I)cc2)n1. The minimum atomic E-state index is 0.862. The largest absolute Gasteiger partial charge is 0.228 e. The van der Waals surface area contributed by atoms with Gasteiger partial charge < -0.3 is 0 Å². The summed E-state index contributed by atoms with van der Waals surface area (Å²) < 4.78 is 1.26. The van der Waals surface area contributed by atoms with Gasteiger partial charge in [-0.15, -0.1) is 0 Å². The summed E-state index contributed by atoms with van der Waals surface area (Å²) in [4.78, 5) is 8.83. The van der Waals surface area contributed by atoms with Crippen molar-refractivity contribution in [2.75, 3.05) is 0 Å². The van der Waals surface area contributed by atoms with Crippen molar-refractivity contribution < 1.29 is 0 Å². The molecule has 2 aromatic rings. The molecular formula is C13H13IN2S. The normalized spacial score (nSPS) is 10.5. The highest BCUT2D eigenvalue weighted by molar-refractivity contribution is 14.1. The Labute approximate surface area is 119 Å². The van der Waals surface area contributed by atoms with Gasteiger partial charge in [-0.3, -0.25) is 0 Å².